The van der Waals surface area contributed by atoms with E-state index >= 15 is 0 Å². The van der Waals surface area contributed by atoms with Crippen molar-refractivity contribution in [1.29, 1.82) is 0 Å². The molecule has 0 spiro atoms. The second-order valence-corrected chi connectivity index (χ2v) is 8.08. The van der Waals surface area contributed by atoms with Crippen LogP contribution in [0.15, 0.2) is 64.8 Å². The van der Waals surface area contributed by atoms with Crippen molar-refractivity contribution in [2.75, 3.05) is 5.32 Å². The van der Waals surface area contributed by atoms with Crippen LogP contribution in [-0.2, 0) is 17.8 Å². The van der Waals surface area contributed by atoms with Crippen LogP contribution >= 0.6 is 22.7 Å². The van der Waals surface area contributed by atoms with Crippen LogP contribution in [0.25, 0.3) is 10.6 Å². The van der Waals surface area contributed by atoms with Crippen LogP contribution in [-0.4, -0.2) is 15.9 Å². The molecule has 2 heterocycles. The number of carbonyl (C=O) groups excluding carboxylic acids is 1. The summed E-state index contributed by atoms with van der Waals surface area (Å²) in [6.45, 7) is 2.42. The molecule has 146 valence electrons. The quantitative estimate of drug-likeness (QED) is 0.438. The number of carbonyl (C=O) groups is 1. The summed E-state index contributed by atoms with van der Waals surface area (Å²) in [5, 5.41) is 7.71. The standard InChI is InChI=1S/C22H19N3O2S2/c1-15-6-8-16(9-7-15)22-24-17(13-29-22)10-21(26)25-19-4-2-3-5-20(19)27-11-18-12-28-14-23-18/h2-9,12-14H,10-11H2,1H3,(H,25,26). The molecular weight excluding hydrogens is 402 g/mol. The van der Waals surface area contributed by atoms with Crippen LogP contribution in [0.2, 0.25) is 0 Å². The molecule has 0 bridgehead atoms. The van der Waals surface area contributed by atoms with Crippen molar-refractivity contribution in [3.63, 3.8) is 0 Å². The molecule has 4 aromatic rings. The lowest BCUT2D eigenvalue weighted by molar-refractivity contribution is -0.115. The predicted molar refractivity (Wildman–Crippen MR) is 118 cm³/mol. The summed E-state index contributed by atoms with van der Waals surface area (Å²) in [4.78, 5) is 21.4. The van der Waals surface area contributed by atoms with Gasteiger partial charge in [-0.1, -0.05) is 42.0 Å². The molecule has 29 heavy (non-hydrogen) atoms. The number of aromatic nitrogens is 2. The first-order chi connectivity index (χ1) is 14.2. The van der Waals surface area contributed by atoms with Gasteiger partial charge in [0.05, 0.1) is 29.0 Å². The normalized spacial score (nSPS) is 10.7. The second kappa shape index (κ2) is 8.98. The third kappa shape index (κ3) is 5.07. The number of para-hydroxylation sites is 2. The maximum absolute atomic E-state index is 12.5. The van der Waals surface area contributed by atoms with E-state index in [1.165, 1.54) is 16.9 Å². The van der Waals surface area contributed by atoms with E-state index in [-0.39, 0.29) is 12.3 Å². The van der Waals surface area contributed by atoms with Crippen molar-refractivity contribution in [2.24, 2.45) is 0 Å². The van der Waals surface area contributed by atoms with Gasteiger partial charge in [0, 0.05) is 16.3 Å². The molecule has 7 heteroatoms. The van der Waals surface area contributed by atoms with E-state index < -0.39 is 0 Å². The number of amides is 1. The Balaban J connectivity index is 1.39. The first kappa shape index (κ1) is 19.3. The van der Waals surface area contributed by atoms with Crippen LogP contribution in [0.5, 0.6) is 5.75 Å². The first-order valence-electron chi connectivity index (χ1n) is 9.07. The Bertz CT molecular complexity index is 1090. The molecule has 1 amide bonds. The molecule has 0 aliphatic carbocycles. The van der Waals surface area contributed by atoms with Crippen molar-refractivity contribution >= 4 is 34.3 Å². The molecule has 0 saturated heterocycles. The van der Waals surface area contributed by atoms with Crippen LogP contribution in [0.3, 0.4) is 0 Å². The molecule has 1 N–H and O–H groups in total. The minimum atomic E-state index is -0.129. The summed E-state index contributed by atoms with van der Waals surface area (Å²) in [5.41, 5.74) is 6.30. The summed E-state index contributed by atoms with van der Waals surface area (Å²) >= 11 is 3.07. The highest BCUT2D eigenvalue weighted by Gasteiger charge is 2.12. The van der Waals surface area contributed by atoms with Gasteiger partial charge in [-0.05, 0) is 19.1 Å². The number of hydrogen-bond donors (Lipinski definition) is 1. The number of ether oxygens (including phenoxy) is 1. The second-order valence-electron chi connectivity index (χ2n) is 6.50. The minimum Gasteiger partial charge on any atom is -0.485 e. The van der Waals surface area contributed by atoms with E-state index in [0.29, 0.717) is 18.0 Å². The van der Waals surface area contributed by atoms with Gasteiger partial charge in [0.15, 0.2) is 0 Å². The van der Waals surface area contributed by atoms with E-state index in [4.69, 9.17) is 4.74 Å². The van der Waals surface area contributed by atoms with Gasteiger partial charge in [-0.2, -0.15) is 0 Å². The van der Waals surface area contributed by atoms with E-state index in [2.05, 4.69) is 34.3 Å². The number of hydrogen-bond acceptors (Lipinski definition) is 6. The minimum absolute atomic E-state index is 0.129. The summed E-state index contributed by atoms with van der Waals surface area (Å²) in [6.07, 6.45) is 0.211. The summed E-state index contributed by atoms with van der Waals surface area (Å²) in [5.74, 6) is 0.489. The fourth-order valence-electron chi connectivity index (χ4n) is 2.73. The Hall–Kier alpha value is -3.03. The Morgan fingerprint density at radius 1 is 1.07 bits per heavy atom. The topological polar surface area (TPSA) is 64.1 Å². The lowest BCUT2D eigenvalue weighted by Crippen LogP contribution is -2.15. The molecule has 2 aromatic heterocycles. The van der Waals surface area contributed by atoms with E-state index in [1.807, 2.05) is 47.2 Å². The van der Waals surface area contributed by atoms with Gasteiger partial charge < -0.3 is 10.1 Å². The van der Waals surface area contributed by atoms with Crippen molar-refractivity contribution in [2.45, 2.75) is 20.0 Å². The Labute approximate surface area is 177 Å². The van der Waals surface area contributed by atoms with Gasteiger partial charge in [0.2, 0.25) is 5.91 Å². The maximum Gasteiger partial charge on any atom is 0.230 e. The fraction of sp³-hybridized carbons (Fsp3) is 0.136. The molecule has 2 aromatic carbocycles. The van der Waals surface area contributed by atoms with Crippen molar-refractivity contribution in [1.82, 2.24) is 9.97 Å². The Morgan fingerprint density at radius 2 is 1.90 bits per heavy atom. The van der Waals surface area contributed by atoms with E-state index in [1.54, 1.807) is 16.8 Å². The number of benzene rings is 2. The molecule has 0 aliphatic rings. The van der Waals surface area contributed by atoms with Gasteiger partial charge >= 0.3 is 0 Å². The largest absolute Gasteiger partial charge is 0.485 e. The zero-order valence-corrected chi connectivity index (χ0v) is 17.4. The van der Waals surface area contributed by atoms with Gasteiger partial charge in [0.25, 0.3) is 0 Å². The molecule has 0 radical (unpaired) electrons. The number of nitrogens with one attached hydrogen (secondary N) is 1. The number of thiazole rings is 2. The fourth-order valence-corrected chi connectivity index (χ4v) is 4.10. The Kier molecular flexibility index (Phi) is 5.97. The highest BCUT2D eigenvalue weighted by atomic mass is 32.1. The van der Waals surface area contributed by atoms with Crippen LogP contribution in [0.1, 0.15) is 17.0 Å². The highest BCUT2D eigenvalue weighted by Crippen LogP contribution is 2.26. The molecule has 0 aliphatic heterocycles. The monoisotopic (exact) mass is 421 g/mol. The zero-order valence-electron chi connectivity index (χ0n) is 15.8. The zero-order chi connectivity index (χ0) is 20.1. The van der Waals surface area contributed by atoms with Gasteiger partial charge in [0.1, 0.15) is 17.4 Å². The molecule has 0 saturated carbocycles. The van der Waals surface area contributed by atoms with Crippen molar-refractivity contribution < 1.29 is 9.53 Å². The van der Waals surface area contributed by atoms with Crippen LogP contribution in [0, 0.1) is 6.92 Å². The third-order valence-corrected chi connectivity index (χ3v) is 5.79. The van der Waals surface area contributed by atoms with Gasteiger partial charge in [-0.25, -0.2) is 9.97 Å². The third-order valence-electron chi connectivity index (χ3n) is 4.21. The van der Waals surface area contributed by atoms with Gasteiger partial charge in [-0.3, -0.25) is 4.79 Å². The Morgan fingerprint density at radius 3 is 2.69 bits per heavy atom. The highest BCUT2D eigenvalue weighted by molar-refractivity contribution is 7.13. The molecule has 4 rings (SSSR count). The van der Waals surface area contributed by atoms with Crippen molar-refractivity contribution in [3.05, 3.63) is 81.8 Å². The summed E-state index contributed by atoms with van der Waals surface area (Å²) < 4.78 is 5.82. The number of nitrogens with zero attached hydrogens (tertiary/aromatic N) is 2. The summed E-state index contributed by atoms with van der Waals surface area (Å²) in [6, 6.07) is 15.6. The van der Waals surface area contributed by atoms with Crippen molar-refractivity contribution in [3.8, 4) is 16.3 Å². The average molecular weight is 422 g/mol. The molecule has 0 unspecified atom stereocenters. The van der Waals surface area contributed by atoms with Crippen LogP contribution < -0.4 is 10.1 Å². The van der Waals surface area contributed by atoms with E-state index in [0.717, 1.165) is 22.0 Å². The molecular formula is C22H19N3O2S2. The van der Waals surface area contributed by atoms with E-state index in [9.17, 15) is 4.79 Å². The average Bonchev–Trinajstić information content (AvgIpc) is 3.40. The molecule has 0 fully saturated rings. The lowest BCUT2D eigenvalue weighted by atomic mass is 10.2. The predicted octanol–water partition coefficient (Wildman–Crippen LogP) is 5.34. The number of aryl methyl sites for hydroxylation is 1. The number of anilines is 1. The molecule has 0 atom stereocenters. The first-order valence-corrected chi connectivity index (χ1v) is 10.9. The maximum atomic E-state index is 12.5. The molecule has 5 nitrogen and oxygen atoms in total. The smallest absolute Gasteiger partial charge is 0.230 e. The number of rotatable bonds is 7. The SMILES string of the molecule is Cc1ccc(-c2nc(CC(=O)Nc3ccccc3OCc3cscn3)cs2)cc1. The van der Waals surface area contributed by atoms with Gasteiger partial charge in [-0.15, -0.1) is 22.7 Å². The summed E-state index contributed by atoms with van der Waals surface area (Å²) in [7, 11) is 0. The van der Waals surface area contributed by atoms with Crippen LogP contribution in [0.4, 0.5) is 5.69 Å². The lowest BCUT2D eigenvalue weighted by Gasteiger charge is -2.11.